The maximum absolute atomic E-state index is 6.85. The zero-order valence-corrected chi connectivity index (χ0v) is 40.2. The van der Waals surface area contributed by atoms with Crippen molar-refractivity contribution in [2.45, 2.75) is 52.4 Å². The molecule has 0 saturated carbocycles. The fourth-order valence-corrected chi connectivity index (χ4v) is 12.6. The molecule has 70 heavy (non-hydrogen) atoms. The van der Waals surface area contributed by atoms with Crippen LogP contribution in [0.1, 0.15) is 61.1 Å². The minimum Gasteiger partial charge on any atom is -0.454 e. The highest BCUT2D eigenvalue weighted by atomic mass is 16.3. The fourth-order valence-electron chi connectivity index (χ4n) is 12.6. The van der Waals surface area contributed by atoms with Gasteiger partial charge < -0.3 is 18.6 Å². The van der Waals surface area contributed by atoms with E-state index in [1.165, 1.54) is 55.3 Å². The van der Waals surface area contributed by atoms with Gasteiger partial charge in [-0.1, -0.05) is 167 Å². The van der Waals surface area contributed by atoms with Crippen LogP contribution in [-0.2, 0) is 10.8 Å². The molecule has 2 aliphatic carbocycles. The molecule has 0 atom stereocenters. The molecule has 0 radical (unpaired) electrons. The minimum atomic E-state index is -0.326. The second kappa shape index (κ2) is 14.6. The summed E-state index contributed by atoms with van der Waals surface area (Å²) in [5.74, 6) is 0. The molecule has 336 valence electrons. The van der Waals surface area contributed by atoms with E-state index in [1.807, 2.05) is 0 Å². The molecular weight excluding hydrogens is 853 g/mol. The number of aryl methyl sites for hydroxylation is 2. The third-order valence-corrected chi connectivity index (χ3v) is 15.8. The molecule has 2 aromatic heterocycles. The van der Waals surface area contributed by atoms with E-state index in [0.717, 1.165) is 89.1 Å². The molecule has 0 N–H and O–H groups in total. The SMILES string of the molecule is Cc1cccc2c1oc1c(N(c3ccccc3)c3ccc4c(c3)C(C)(C)c3c-4ccc4c3C(C)(C)c3cccc5c(N(c6ccccc6)c6cccc7c6oc6c(C)cccc67)ccc-4c35)cccc12. The van der Waals surface area contributed by atoms with E-state index in [9.17, 15) is 0 Å². The van der Waals surface area contributed by atoms with Crippen LogP contribution in [0.15, 0.2) is 203 Å². The zero-order chi connectivity index (χ0) is 47.2. The molecule has 0 aliphatic heterocycles. The Bertz CT molecular complexity index is 4150. The summed E-state index contributed by atoms with van der Waals surface area (Å²) in [5, 5.41) is 7.03. The largest absolute Gasteiger partial charge is 0.454 e. The average Bonchev–Trinajstić information content (AvgIpc) is 4.04. The fraction of sp³-hybridized carbons (Fsp3) is 0.121. The molecule has 12 aromatic rings. The van der Waals surface area contributed by atoms with Crippen LogP contribution in [0.25, 0.3) is 76.9 Å². The van der Waals surface area contributed by atoms with E-state index in [2.05, 4.69) is 245 Å². The molecular formula is C66H50N2O2. The van der Waals surface area contributed by atoms with Crippen LogP contribution in [0.4, 0.5) is 34.1 Å². The number of furan rings is 2. The van der Waals surface area contributed by atoms with Gasteiger partial charge in [-0.25, -0.2) is 0 Å². The van der Waals surface area contributed by atoms with Gasteiger partial charge in [0.2, 0.25) is 0 Å². The molecule has 0 amide bonds. The first-order valence-electron chi connectivity index (χ1n) is 24.5. The van der Waals surface area contributed by atoms with E-state index in [1.54, 1.807) is 0 Å². The van der Waals surface area contributed by atoms with Gasteiger partial charge in [0.15, 0.2) is 11.2 Å². The first-order chi connectivity index (χ1) is 34.1. The summed E-state index contributed by atoms with van der Waals surface area (Å²) in [6.45, 7) is 14.0. The van der Waals surface area contributed by atoms with Gasteiger partial charge in [-0.3, -0.25) is 0 Å². The summed E-state index contributed by atoms with van der Waals surface area (Å²) in [4.78, 5) is 4.78. The molecule has 0 spiro atoms. The van der Waals surface area contributed by atoms with Gasteiger partial charge in [0, 0.05) is 54.8 Å². The number of hydrogen-bond donors (Lipinski definition) is 0. The Labute approximate surface area is 407 Å². The van der Waals surface area contributed by atoms with Crippen LogP contribution in [-0.4, -0.2) is 0 Å². The Morgan fingerprint density at radius 1 is 0.329 bits per heavy atom. The van der Waals surface area contributed by atoms with Crippen LogP contribution in [0.5, 0.6) is 0 Å². The number of nitrogens with zero attached hydrogens (tertiary/aromatic N) is 2. The summed E-state index contributed by atoms with van der Waals surface area (Å²) < 4.78 is 13.7. The van der Waals surface area contributed by atoms with Crippen LogP contribution in [0, 0.1) is 13.8 Å². The Morgan fingerprint density at radius 2 is 0.786 bits per heavy atom. The minimum absolute atomic E-state index is 0.312. The second-order valence-electron chi connectivity index (χ2n) is 20.5. The molecule has 4 heteroatoms. The van der Waals surface area contributed by atoms with Gasteiger partial charge in [-0.15, -0.1) is 0 Å². The van der Waals surface area contributed by atoms with E-state index in [0.29, 0.717) is 0 Å². The lowest BCUT2D eigenvalue weighted by Crippen LogP contribution is -2.29. The number of fused-ring (bicyclic) bond motifs is 12. The molecule has 0 fully saturated rings. The molecule has 14 rings (SSSR count). The van der Waals surface area contributed by atoms with Crippen LogP contribution in [0.3, 0.4) is 0 Å². The maximum atomic E-state index is 6.85. The number of benzene rings is 10. The Morgan fingerprint density at radius 3 is 1.39 bits per heavy atom. The summed E-state index contributed by atoms with van der Waals surface area (Å²) >= 11 is 0. The summed E-state index contributed by atoms with van der Waals surface area (Å²) in [6.07, 6.45) is 0. The third kappa shape index (κ3) is 5.53. The van der Waals surface area contributed by atoms with Gasteiger partial charge >= 0.3 is 0 Å². The first-order valence-corrected chi connectivity index (χ1v) is 24.5. The number of hydrogen-bond acceptors (Lipinski definition) is 4. The summed E-state index contributed by atoms with van der Waals surface area (Å²) in [6, 6.07) is 71.0. The number of para-hydroxylation sites is 6. The van der Waals surface area contributed by atoms with Crippen molar-refractivity contribution in [3.05, 3.63) is 228 Å². The quantitative estimate of drug-likeness (QED) is 0.166. The van der Waals surface area contributed by atoms with Crippen molar-refractivity contribution in [1.82, 2.24) is 0 Å². The summed E-state index contributed by atoms with van der Waals surface area (Å²) in [7, 11) is 0. The van der Waals surface area contributed by atoms with Crippen LogP contribution in [0.2, 0.25) is 0 Å². The molecule has 0 unspecified atom stereocenters. The number of anilines is 6. The monoisotopic (exact) mass is 902 g/mol. The van der Waals surface area contributed by atoms with E-state index >= 15 is 0 Å². The molecule has 10 aromatic carbocycles. The summed E-state index contributed by atoms with van der Waals surface area (Å²) in [5.41, 5.74) is 22.4. The Hall–Kier alpha value is -8.34. The first kappa shape index (κ1) is 40.7. The standard InChI is InChI=1S/C66H50N2O2/c1-39-18-13-24-48-50-26-16-30-56(63(50)69-61(39)48)67(41-20-9-7-10-21-41)43-32-33-44-46-34-35-47-45-36-37-55(52-28-15-29-53(58(45)52)65(3,4)60(47)59(46)66(5,6)54(44)38-43)68(42-22-11-8-12-23-42)57-31-17-27-51-49-25-14-19-40(2)62(49)70-64(51)57/h7-38H,1-6H3. The normalized spacial score (nSPS) is 14.1. The average molecular weight is 903 g/mol. The second-order valence-corrected chi connectivity index (χ2v) is 20.5. The molecule has 0 saturated heterocycles. The van der Waals surface area contributed by atoms with Crippen molar-refractivity contribution in [3.8, 4) is 22.3 Å². The Kier molecular flexibility index (Phi) is 8.48. The van der Waals surface area contributed by atoms with E-state index in [4.69, 9.17) is 8.83 Å². The lowest BCUT2D eigenvalue weighted by atomic mass is 9.63. The molecule has 2 heterocycles. The highest BCUT2D eigenvalue weighted by Gasteiger charge is 2.45. The maximum Gasteiger partial charge on any atom is 0.159 e. The zero-order valence-electron chi connectivity index (χ0n) is 40.2. The number of rotatable bonds is 6. The van der Waals surface area contributed by atoms with Crippen molar-refractivity contribution in [2.24, 2.45) is 0 Å². The molecule has 0 bridgehead atoms. The van der Waals surface area contributed by atoms with Gasteiger partial charge in [0.1, 0.15) is 11.2 Å². The van der Waals surface area contributed by atoms with E-state index < -0.39 is 0 Å². The van der Waals surface area contributed by atoms with Gasteiger partial charge in [0.05, 0.1) is 17.1 Å². The highest BCUT2D eigenvalue weighted by Crippen LogP contribution is 2.60. The smallest absolute Gasteiger partial charge is 0.159 e. The Balaban J connectivity index is 0.940. The molecule has 4 nitrogen and oxygen atoms in total. The highest BCUT2D eigenvalue weighted by molar-refractivity contribution is 6.15. The lowest BCUT2D eigenvalue weighted by Gasteiger charge is -2.40. The van der Waals surface area contributed by atoms with Gasteiger partial charge in [-0.2, -0.15) is 0 Å². The lowest BCUT2D eigenvalue weighted by molar-refractivity contribution is 0.591. The van der Waals surface area contributed by atoms with Crippen LogP contribution >= 0.6 is 0 Å². The van der Waals surface area contributed by atoms with Crippen molar-refractivity contribution in [1.29, 1.82) is 0 Å². The van der Waals surface area contributed by atoms with Crippen molar-refractivity contribution in [3.63, 3.8) is 0 Å². The van der Waals surface area contributed by atoms with Crippen LogP contribution < -0.4 is 9.80 Å². The van der Waals surface area contributed by atoms with Crippen molar-refractivity contribution in [2.75, 3.05) is 9.80 Å². The van der Waals surface area contributed by atoms with Gasteiger partial charge in [0.25, 0.3) is 0 Å². The van der Waals surface area contributed by atoms with Gasteiger partial charge in [-0.05, 0) is 129 Å². The van der Waals surface area contributed by atoms with Crippen molar-refractivity contribution >= 4 is 88.8 Å². The van der Waals surface area contributed by atoms with Crippen molar-refractivity contribution < 1.29 is 8.83 Å². The van der Waals surface area contributed by atoms with E-state index in [-0.39, 0.29) is 10.8 Å². The predicted octanol–water partition coefficient (Wildman–Crippen LogP) is 18.8. The molecule has 2 aliphatic rings. The topological polar surface area (TPSA) is 32.8 Å². The predicted molar refractivity (Wildman–Crippen MR) is 292 cm³/mol. The third-order valence-electron chi connectivity index (χ3n) is 15.8.